The van der Waals surface area contributed by atoms with Gasteiger partial charge in [0, 0.05) is 24.8 Å². The normalized spacial score (nSPS) is 14.4. The summed E-state index contributed by atoms with van der Waals surface area (Å²) in [6, 6.07) is 14.1. The van der Waals surface area contributed by atoms with Crippen LogP contribution in [-0.4, -0.2) is 47.7 Å². The van der Waals surface area contributed by atoms with Crippen LogP contribution < -0.4 is 20.1 Å². The van der Waals surface area contributed by atoms with Gasteiger partial charge >= 0.3 is 0 Å². The Labute approximate surface area is 219 Å². The van der Waals surface area contributed by atoms with Crippen LogP contribution >= 0.6 is 11.6 Å². The van der Waals surface area contributed by atoms with E-state index in [2.05, 4.69) is 51.6 Å². The summed E-state index contributed by atoms with van der Waals surface area (Å²) >= 11 is 6.45. The third-order valence-corrected chi connectivity index (χ3v) is 6.56. The fourth-order valence-electron chi connectivity index (χ4n) is 4.24. The number of aromatic nitrogens is 2. The summed E-state index contributed by atoms with van der Waals surface area (Å²) in [5, 5.41) is 7.14. The van der Waals surface area contributed by atoms with Crippen molar-refractivity contribution in [1.82, 2.24) is 14.9 Å². The molecule has 0 amide bonds. The topological polar surface area (TPSA) is 71.5 Å². The number of anilines is 4. The van der Waals surface area contributed by atoms with Crippen LogP contribution in [0.2, 0.25) is 5.02 Å². The molecule has 7 nitrogen and oxygen atoms in total. The molecule has 0 radical (unpaired) electrons. The van der Waals surface area contributed by atoms with Crippen molar-refractivity contribution in [2.45, 2.75) is 52.1 Å². The molecular formula is C28H36ClN5O2. The monoisotopic (exact) mass is 509 g/mol. The molecule has 2 heterocycles. The Balaban J connectivity index is 1.50. The van der Waals surface area contributed by atoms with Gasteiger partial charge < -0.3 is 25.0 Å². The van der Waals surface area contributed by atoms with Gasteiger partial charge in [0.25, 0.3) is 0 Å². The zero-order valence-corrected chi connectivity index (χ0v) is 22.1. The molecule has 0 unspecified atom stereocenters. The first-order valence-corrected chi connectivity index (χ1v) is 13.2. The van der Waals surface area contributed by atoms with Gasteiger partial charge in [0.2, 0.25) is 5.95 Å². The van der Waals surface area contributed by atoms with E-state index in [0.29, 0.717) is 29.1 Å². The molecule has 3 aromatic rings. The number of rotatable bonds is 11. The summed E-state index contributed by atoms with van der Waals surface area (Å²) in [5.41, 5.74) is 3.01. The van der Waals surface area contributed by atoms with Crippen molar-refractivity contribution in [3.8, 4) is 11.5 Å². The first-order valence-electron chi connectivity index (χ1n) is 12.8. The van der Waals surface area contributed by atoms with Crippen LogP contribution in [0, 0.1) is 0 Å². The Bertz CT molecular complexity index is 1130. The maximum Gasteiger partial charge on any atom is 0.229 e. The van der Waals surface area contributed by atoms with Crippen LogP contribution in [0.3, 0.4) is 0 Å². The van der Waals surface area contributed by atoms with Crippen molar-refractivity contribution in [2.24, 2.45) is 0 Å². The fraction of sp³-hybridized carbons (Fsp3) is 0.429. The smallest absolute Gasteiger partial charge is 0.229 e. The van der Waals surface area contributed by atoms with Crippen molar-refractivity contribution >= 4 is 34.7 Å². The highest BCUT2D eigenvalue weighted by atomic mass is 35.5. The van der Waals surface area contributed by atoms with E-state index in [4.69, 9.17) is 21.1 Å². The summed E-state index contributed by atoms with van der Waals surface area (Å²) in [6.07, 6.45) is 7.14. The molecule has 8 heteroatoms. The third-order valence-electron chi connectivity index (χ3n) is 6.28. The van der Waals surface area contributed by atoms with Gasteiger partial charge in [0.1, 0.15) is 22.6 Å². The van der Waals surface area contributed by atoms with Gasteiger partial charge in [-0.25, -0.2) is 4.98 Å². The molecule has 2 aromatic carbocycles. The highest BCUT2D eigenvalue weighted by Crippen LogP contribution is 2.33. The van der Waals surface area contributed by atoms with Gasteiger partial charge in [0.15, 0.2) is 5.82 Å². The maximum atomic E-state index is 6.45. The molecule has 1 aliphatic rings. The van der Waals surface area contributed by atoms with Crippen LogP contribution in [0.15, 0.2) is 48.7 Å². The van der Waals surface area contributed by atoms with E-state index in [9.17, 15) is 0 Å². The Morgan fingerprint density at radius 1 is 1.06 bits per heavy atom. The van der Waals surface area contributed by atoms with Gasteiger partial charge in [-0.3, -0.25) is 0 Å². The lowest BCUT2D eigenvalue weighted by molar-refractivity contribution is 0.114. The van der Waals surface area contributed by atoms with E-state index in [1.807, 2.05) is 37.3 Å². The van der Waals surface area contributed by atoms with E-state index in [1.54, 1.807) is 6.20 Å². The number of ether oxygens (including phenoxy) is 2. The van der Waals surface area contributed by atoms with Crippen molar-refractivity contribution in [3.05, 3.63) is 59.2 Å². The molecular weight excluding hydrogens is 474 g/mol. The summed E-state index contributed by atoms with van der Waals surface area (Å²) < 4.78 is 12.2. The second-order valence-corrected chi connectivity index (χ2v) is 9.52. The number of benzene rings is 2. The van der Waals surface area contributed by atoms with Gasteiger partial charge in [0.05, 0.1) is 18.5 Å². The Kier molecular flexibility index (Phi) is 9.25. The van der Waals surface area contributed by atoms with E-state index < -0.39 is 0 Å². The molecule has 4 rings (SSSR count). The molecule has 0 bridgehead atoms. The highest BCUT2D eigenvalue weighted by Gasteiger charge is 2.19. The second-order valence-electron chi connectivity index (χ2n) is 9.11. The Hall–Kier alpha value is -3.03. The predicted molar refractivity (Wildman–Crippen MR) is 147 cm³/mol. The van der Waals surface area contributed by atoms with Crippen molar-refractivity contribution in [1.29, 1.82) is 0 Å². The molecule has 0 aliphatic carbocycles. The number of likely N-dealkylation sites (tertiary alicyclic amines) is 1. The molecule has 36 heavy (non-hydrogen) atoms. The lowest BCUT2D eigenvalue weighted by Crippen LogP contribution is -2.35. The van der Waals surface area contributed by atoms with Crippen molar-refractivity contribution in [3.63, 3.8) is 0 Å². The molecule has 2 N–H and O–H groups in total. The third kappa shape index (κ3) is 7.02. The Morgan fingerprint density at radius 2 is 1.86 bits per heavy atom. The summed E-state index contributed by atoms with van der Waals surface area (Å²) in [5.74, 6) is 2.48. The van der Waals surface area contributed by atoms with E-state index in [0.717, 1.165) is 62.3 Å². The summed E-state index contributed by atoms with van der Waals surface area (Å²) in [6.45, 7) is 6.80. The molecule has 1 fully saturated rings. The first-order chi connectivity index (χ1) is 17.6. The zero-order chi connectivity index (χ0) is 25.3. The average molecular weight is 510 g/mol. The number of piperidine rings is 1. The lowest BCUT2D eigenvalue weighted by atomic mass is 10.1. The van der Waals surface area contributed by atoms with Gasteiger partial charge in [-0.1, -0.05) is 43.1 Å². The molecule has 1 saturated heterocycles. The van der Waals surface area contributed by atoms with Crippen LogP contribution in [0.5, 0.6) is 11.5 Å². The molecule has 0 atom stereocenters. The zero-order valence-electron chi connectivity index (χ0n) is 21.4. The minimum atomic E-state index is 0.225. The van der Waals surface area contributed by atoms with Gasteiger partial charge in [-0.05, 0) is 63.4 Å². The van der Waals surface area contributed by atoms with Crippen LogP contribution in [0.25, 0.3) is 0 Å². The molecule has 1 aliphatic heterocycles. The number of hydrogen-bond acceptors (Lipinski definition) is 7. The number of nitrogens with one attached hydrogen (secondary N) is 2. The van der Waals surface area contributed by atoms with Crippen molar-refractivity contribution in [2.75, 3.05) is 37.4 Å². The van der Waals surface area contributed by atoms with Crippen molar-refractivity contribution < 1.29 is 9.47 Å². The number of halogens is 1. The average Bonchev–Trinajstić information content (AvgIpc) is 2.88. The SMILES string of the molecule is CCCCc1ccccc1Nc1nc(Nc2ccc(OC3CCN(C)CC3)cc2OCC)ncc1Cl. The summed E-state index contributed by atoms with van der Waals surface area (Å²) in [4.78, 5) is 11.4. The minimum absolute atomic E-state index is 0.225. The largest absolute Gasteiger partial charge is 0.492 e. The molecule has 192 valence electrons. The quantitative estimate of drug-likeness (QED) is 0.293. The first kappa shape index (κ1) is 26.0. The number of aryl methyl sites for hydroxylation is 1. The number of para-hydroxylation sites is 1. The van der Waals surface area contributed by atoms with Crippen LogP contribution in [0.1, 0.15) is 45.1 Å². The number of hydrogen-bond donors (Lipinski definition) is 2. The van der Waals surface area contributed by atoms with E-state index in [1.165, 1.54) is 5.56 Å². The second kappa shape index (κ2) is 12.8. The maximum absolute atomic E-state index is 6.45. The van der Waals surface area contributed by atoms with Crippen LogP contribution in [-0.2, 0) is 6.42 Å². The Morgan fingerprint density at radius 3 is 2.64 bits per heavy atom. The fourth-order valence-corrected chi connectivity index (χ4v) is 4.38. The number of unbranched alkanes of at least 4 members (excludes halogenated alkanes) is 1. The van der Waals surface area contributed by atoms with Gasteiger partial charge in [-0.15, -0.1) is 0 Å². The van der Waals surface area contributed by atoms with Crippen LogP contribution in [0.4, 0.5) is 23.1 Å². The predicted octanol–water partition coefficient (Wildman–Crippen LogP) is 6.83. The molecule has 0 spiro atoms. The summed E-state index contributed by atoms with van der Waals surface area (Å²) in [7, 11) is 2.15. The number of nitrogens with zero attached hydrogens (tertiary/aromatic N) is 3. The lowest BCUT2D eigenvalue weighted by Gasteiger charge is -2.29. The van der Waals surface area contributed by atoms with Gasteiger partial charge in [-0.2, -0.15) is 4.98 Å². The highest BCUT2D eigenvalue weighted by molar-refractivity contribution is 6.32. The molecule has 1 aromatic heterocycles. The molecule has 0 saturated carbocycles. The standard InChI is InChI=1S/C28H36ClN5O2/c1-4-6-9-20-10-7-8-11-24(20)31-27-23(29)19-30-28(33-27)32-25-13-12-22(18-26(25)35-5-2)36-21-14-16-34(3)17-15-21/h7-8,10-13,18-19,21H,4-6,9,14-17H2,1-3H3,(H2,30,31,32,33). The van der Waals surface area contributed by atoms with E-state index in [-0.39, 0.29) is 6.10 Å². The van der Waals surface area contributed by atoms with E-state index >= 15 is 0 Å². The minimum Gasteiger partial charge on any atom is -0.492 e.